The molecule has 21 heavy (non-hydrogen) atoms. The van der Waals surface area contributed by atoms with Crippen LogP contribution >= 0.6 is 0 Å². The molecule has 116 valence electrons. The van der Waals surface area contributed by atoms with Gasteiger partial charge in [-0.2, -0.15) is 4.98 Å². The minimum Gasteiger partial charge on any atom is -0.396 e. The van der Waals surface area contributed by atoms with Crippen LogP contribution in [0, 0.1) is 16.0 Å². The number of aromatic nitrogens is 2. The van der Waals surface area contributed by atoms with Crippen LogP contribution in [0.5, 0.6) is 0 Å². The number of hydrogen-bond acceptors (Lipinski definition) is 7. The van der Waals surface area contributed by atoms with Gasteiger partial charge in [-0.15, -0.1) is 0 Å². The molecule has 0 radical (unpaired) electrons. The molecular weight excluding hydrogens is 274 g/mol. The van der Waals surface area contributed by atoms with Crippen LogP contribution in [0.4, 0.5) is 17.5 Å². The Bertz CT molecular complexity index is 491. The van der Waals surface area contributed by atoms with E-state index in [1.807, 2.05) is 0 Å². The lowest BCUT2D eigenvalue weighted by molar-refractivity contribution is -0.384. The lowest BCUT2D eigenvalue weighted by Gasteiger charge is -2.30. The normalized spacial score (nSPS) is 17.4. The van der Waals surface area contributed by atoms with Gasteiger partial charge in [-0.25, -0.2) is 4.98 Å². The predicted molar refractivity (Wildman–Crippen MR) is 78.8 cm³/mol. The summed E-state index contributed by atoms with van der Waals surface area (Å²) >= 11 is 0. The van der Waals surface area contributed by atoms with Crippen LogP contribution in [-0.4, -0.2) is 32.6 Å². The molecule has 0 spiro atoms. The highest BCUT2D eigenvalue weighted by atomic mass is 16.6. The molecule has 4 N–H and O–H groups in total. The molecule has 1 aromatic heterocycles. The Morgan fingerprint density at radius 2 is 2.19 bits per heavy atom. The Morgan fingerprint density at radius 1 is 1.48 bits per heavy atom. The van der Waals surface area contributed by atoms with Gasteiger partial charge in [0.1, 0.15) is 6.20 Å². The second-order valence-corrected chi connectivity index (χ2v) is 5.38. The minimum atomic E-state index is -0.606. The Kier molecular flexibility index (Phi) is 5.26. The largest absolute Gasteiger partial charge is 0.396 e. The highest BCUT2D eigenvalue weighted by Gasteiger charge is 2.24. The van der Waals surface area contributed by atoms with Gasteiger partial charge in [0.15, 0.2) is 0 Å². The molecule has 0 bridgehead atoms. The summed E-state index contributed by atoms with van der Waals surface area (Å²) in [6.07, 6.45) is 7.57. The summed E-state index contributed by atoms with van der Waals surface area (Å²) in [6, 6.07) is 0.0659. The van der Waals surface area contributed by atoms with Gasteiger partial charge in [0, 0.05) is 12.6 Å². The molecule has 0 amide bonds. The van der Waals surface area contributed by atoms with E-state index in [0.29, 0.717) is 12.3 Å². The van der Waals surface area contributed by atoms with E-state index >= 15 is 0 Å². The third-order valence-corrected chi connectivity index (χ3v) is 3.97. The Labute approximate surface area is 122 Å². The van der Waals surface area contributed by atoms with Crippen LogP contribution in [0.2, 0.25) is 0 Å². The fourth-order valence-electron chi connectivity index (χ4n) is 2.87. The van der Waals surface area contributed by atoms with Crippen LogP contribution in [0.15, 0.2) is 6.20 Å². The SMILES string of the molecule is Nc1nc(N[C@@H](CCO)C2CCCCC2)ncc1[N+](=O)[O-]. The second kappa shape index (κ2) is 7.16. The predicted octanol–water partition coefficient (Wildman–Crippen LogP) is 1.71. The molecular formula is C13H21N5O3. The van der Waals surface area contributed by atoms with Crippen molar-refractivity contribution in [2.45, 2.75) is 44.6 Å². The van der Waals surface area contributed by atoms with Crippen molar-refractivity contribution >= 4 is 17.5 Å². The molecule has 0 aromatic carbocycles. The summed E-state index contributed by atoms with van der Waals surface area (Å²) < 4.78 is 0. The summed E-state index contributed by atoms with van der Waals surface area (Å²) in [5, 5.41) is 23.1. The van der Waals surface area contributed by atoms with E-state index in [1.165, 1.54) is 19.3 Å². The number of rotatable bonds is 6. The second-order valence-electron chi connectivity index (χ2n) is 5.38. The van der Waals surface area contributed by atoms with E-state index in [-0.39, 0.29) is 30.1 Å². The molecule has 0 unspecified atom stereocenters. The zero-order valence-electron chi connectivity index (χ0n) is 11.9. The first kappa shape index (κ1) is 15.4. The molecule has 8 heteroatoms. The molecule has 1 saturated carbocycles. The lowest BCUT2D eigenvalue weighted by atomic mass is 9.83. The first-order valence-corrected chi connectivity index (χ1v) is 7.26. The topological polar surface area (TPSA) is 127 Å². The molecule has 1 heterocycles. The fraction of sp³-hybridized carbons (Fsp3) is 0.692. The first-order chi connectivity index (χ1) is 10.1. The van der Waals surface area contributed by atoms with Gasteiger partial charge < -0.3 is 16.2 Å². The quantitative estimate of drug-likeness (QED) is 0.538. The smallest absolute Gasteiger partial charge is 0.329 e. The van der Waals surface area contributed by atoms with Gasteiger partial charge in [-0.3, -0.25) is 10.1 Å². The monoisotopic (exact) mass is 295 g/mol. The van der Waals surface area contributed by atoms with Crippen molar-refractivity contribution < 1.29 is 10.0 Å². The van der Waals surface area contributed by atoms with Crippen molar-refractivity contribution in [2.75, 3.05) is 17.7 Å². The number of nitrogens with one attached hydrogen (secondary N) is 1. The highest BCUT2D eigenvalue weighted by molar-refractivity contribution is 5.53. The van der Waals surface area contributed by atoms with E-state index in [9.17, 15) is 15.2 Å². The number of aliphatic hydroxyl groups excluding tert-OH is 1. The van der Waals surface area contributed by atoms with Crippen LogP contribution in [-0.2, 0) is 0 Å². The Morgan fingerprint density at radius 3 is 2.76 bits per heavy atom. The molecule has 1 fully saturated rings. The average Bonchev–Trinajstić information content (AvgIpc) is 2.47. The molecule has 8 nitrogen and oxygen atoms in total. The number of nitrogens with two attached hydrogens (primary N) is 1. The summed E-state index contributed by atoms with van der Waals surface area (Å²) in [5.41, 5.74) is 5.27. The Balaban J connectivity index is 2.09. The van der Waals surface area contributed by atoms with Gasteiger partial charge >= 0.3 is 5.69 Å². The van der Waals surface area contributed by atoms with E-state index in [2.05, 4.69) is 15.3 Å². The fourth-order valence-corrected chi connectivity index (χ4v) is 2.87. The lowest BCUT2D eigenvalue weighted by Crippen LogP contribution is -2.32. The maximum atomic E-state index is 10.7. The number of anilines is 2. The zero-order valence-corrected chi connectivity index (χ0v) is 11.9. The zero-order chi connectivity index (χ0) is 15.2. The third kappa shape index (κ3) is 4.01. The Hall–Kier alpha value is -1.96. The highest BCUT2D eigenvalue weighted by Crippen LogP contribution is 2.29. The van der Waals surface area contributed by atoms with Crippen LogP contribution in [0.25, 0.3) is 0 Å². The van der Waals surface area contributed by atoms with Crippen LogP contribution < -0.4 is 11.1 Å². The molecule has 1 aliphatic carbocycles. The molecule has 1 atom stereocenters. The maximum absolute atomic E-state index is 10.7. The van der Waals surface area contributed by atoms with Gasteiger partial charge in [-0.05, 0) is 25.2 Å². The molecule has 1 aromatic rings. The van der Waals surface area contributed by atoms with Crippen molar-refractivity contribution in [3.63, 3.8) is 0 Å². The van der Waals surface area contributed by atoms with Crippen molar-refractivity contribution in [3.8, 4) is 0 Å². The van der Waals surface area contributed by atoms with Gasteiger partial charge in [-0.1, -0.05) is 19.3 Å². The average molecular weight is 295 g/mol. The number of nitrogens with zero attached hydrogens (tertiary/aromatic N) is 3. The first-order valence-electron chi connectivity index (χ1n) is 7.26. The number of nitro groups is 1. The van der Waals surface area contributed by atoms with E-state index in [0.717, 1.165) is 19.0 Å². The summed E-state index contributed by atoms with van der Waals surface area (Å²) in [5.74, 6) is 0.594. The van der Waals surface area contributed by atoms with Crippen molar-refractivity contribution in [2.24, 2.45) is 5.92 Å². The van der Waals surface area contributed by atoms with Crippen LogP contribution in [0.3, 0.4) is 0 Å². The maximum Gasteiger partial charge on any atom is 0.329 e. The van der Waals surface area contributed by atoms with Crippen molar-refractivity contribution in [3.05, 3.63) is 16.3 Å². The summed E-state index contributed by atoms with van der Waals surface area (Å²) in [7, 11) is 0. The summed E-state index contributed by atoms with van der Waals surface area (Å²) in [4.78, 5) is 18.0. The van der Waals surface area contributed by atoms with Crippen molar-refractivity contribution in [1.29, 1.82) is 0 Å². The molecule has 1 aliphatic rings. The van der Waals surface area contributed by atoms with Gasteiger partial charge in [0.2, 0.25) is 11.8 Å². The summed E-state index contributed by atoms with van der Waals surface area (Å²) in [6.45, 7) is 0.0800. The number of aliphatic hydroxyl groups is 1. The van der Waals surface area contributed by atoms with Crippen LogP contribution in [0.1, 0.15) is 38.5 Å². The van der Waals surface area contributed by atoms with E-state index < -0.39 is 4.92 Å². The number of nitrogen functional groups attached to an aromatic ring is 1. The third-order valence-electron chi connectivity index (χ3n) is 3.97. The van der Waals surface area contributed by atoms with Crippen molar-refractivity contribution in [1.82, 2.24) is 9.97 Å². The number of hydrogen-bond donors (Lipinski definition) is 3. The van der Waals surface area contributed by atoms with E-state index in [1.54, 1.807) is 0 Å². The van der Waals surface area contributed by atoms with Gasteiger partial charge in [0.05, 0.1) is 4.92 Å². The molecule has 0 aliphatic heterocycles. The van der Waals surface area contributed by atoms with Gasteiger partial charge in [0.25, 0.3) is 0 Å². The molecule has 2 rings (SSSR count). The standard InChI is InChI=1S/C13H21N5O3/c14-12-11(18(20)21)8-15-13(17-12)16-10(6-7-19)9-4-2-1-3-5-9/h8-10,19H,1-7H2,(H3,14,15,16,17)/t10-/m0/s1. The van der Waals surface area contributed by atoms with E-state index in [4.69, 9.17) is 5.73 Å². The minimum absolute atomic E-state index is 0.0659. The molecule has 0 saturated heterocycles.